The zero-order valence-corrected chi connectivity index (χ0v) is 7.25. The van der Waals surface area contributed by atoms with E-state index in [4.69, 9.17) is 0 Å². The molecule has 0 saturated carbocycles. The van der Waals surface area contributed by atoms with Crippen molar-refractivity contribution in [1.29, 1.82) is 0 Å². The average Bonchev–Trinajstić information content (AvgIpc) is 2.78. The number of hydrogen-bond acceptors (Lipinski definition) is 3. The minimum Gasteiger partial charge on any atom is -0.291 e. The number of aromatic nitrogens is 5. The summed E-state index contributed by atoms with van der Waals surface area (Å²) in [4.78, 5) is 12.3. The van der Waals surface area contributed by atoms with E-state index in [1.54, 1.807) is 24.8 Å². The molecule has 0 aromatic carbocycles. The number of H-pyrrole nitrogens is 1. The second kappa shape index (κ2) is 2.66. The van der Waals surface area contributed by atoms with Crippen molar-refractivity contribution in [3.05, 3.63) is 37.1 Å². The van der Waals surface area contributed by atoms with Crippen LogP contribution >= 0.6 is 0 Å². The minimum atomic E-state index is 0.818. The molecule has 0 bridgehead atoms. The molecule has 3 aromatic rings. The molecule has 0 amide bonds. The molecule has 0 unspecified atom stereocenters. The van der Waals surface area contributed by atoms with Gasteiger partial charge in [0.05, 0.1) is 11.9 Å². The predicted molar refractivity (Wildman–Crippen MR) is 50.6 cm³/mol. The number of imidazole rings is 1. The van der Waals surface area contributed by atoms with E-state index in [0.29, 0.717) is 0 Å². The Bertz CT molecular complexity index is 522. The highest BCUT2D eigenvalue weighted by atomic mass is 15.3. The van der Waals surface area contributed by atoms with Crippen LogP contribution in [0.25, 0.3) is 17.0 Å². The fraction of sp³-hybridized carbons (Fsp3) is 0. The van der Waals surface area contributed by atoms with Crippen LogP contribution in [0.1, 0.15) is 0 Å². The third-order valence-electron chi connectivity index (χ3n) is 2.02. The number of rotatable bonds is 1. The Balaban J connectivity index is 2.19. The van der Waals surface area contributed by atoms with Gasteiger partial charge in [0.25, 0.3) is 0 Å². The maximum Gasteiger partial charge on any atom is 0.153 e. The van der Waals surface area contributed by atoms with Gasteiger partial charge in [-0.05, 0) is 0 Å². The second-order valence-corrected chi connectivity index (χ2v) is 2.92. The quantitative estimate of drug-likeness (QED) is 0.618. The van der Waals surface area contributed by atoms with Gasteiger partial charge in [-0.3, -0.25) is 15.1 Å². The molecular formula is C9H7N5. The highest BCUT2D eigenvalue weighted by Gasteiger charge is 2.03. The molecule has 5 nitrogen and oxygen atoms in total. The van der Waals surface area contributed by atoms with Gasteiger partial charge in [-0.25, -0.2) is 9.50 Å². The SMILES string of the molecule is c1cnc(-c2cc3nccn3[nH]2)cn1. The first-order chi connectivity index (χ1) is 6.93. The van der Waals surface area contributed by atoms with E-state index in [0.717, 1.165) is 17.0 Å². The first-order valence-corrected chi connectivity index (χ1v) is 4.22. The summed E-state index contributed by atoms with van der Waals surface area (Å²) in [5.74, 6) is 0. The van der Waals surface area contributed by atoms with Crippen LogP contribution in [0.5, 0.6) is 0 Å². The number of nitrogens with one attached hydrogen (secondary N) is 1. The van der Waals surface area contributed by atoms with Crippen LogP contribution in [-0.4, -0.2) is 24.6 Å². The molecule has 3 aromatic heterocycles. The van der Waals surface area contributed by atoms with Crippen LogP contribution in [0.15, 0.2) is 37.1 Å². The Hall–Kier alpha value is -2.17. The van der Waals surface area contributed by atoms with E-state index in [2.05, 4.69) is 20.1 Å². The molecule has 0 aliphatic rings. The molecule has 3 heterocycles. The average molecular weight is 185 g/mol. The maximum atomic E-state index is 4.19. The summed E-state index contributed by atoms with van der Waals surface area (Å²) in [5.41, 5.74) is 2.62. The van der Waals surface area contributed by atoms with E-state index >= 15 is 0 Å². The van der Waals surface area contributed by atoms with Crippen molar-refractivity contribution < 1.29 is 0 Å². The van der Waals surface area contributed by atoms with Crippen LogP contribution in [-0.2, 0) is 0 Å². The van der Waals surface area contributed by atoms with E-state index in [1.807, 2.05) is 16.8 Å². The second-order valence-electron chi connectivity index (χ2n) is 2.92. The highest BCUT2D eigenvalue weighted by molar-refractivity contribution is 5.59. The molecule has 0 atom stereocenters. The van der Waals surface area contributed by atoms with Crippen molar-refractivity contribution in [3.63, 3.8) is 0 Å². The molecule has 68 valence electrons. The standard InChI is InChI=1S/C9H7N5/c1-2-11-8(6-10-1)7-5-9-12-3-4-14(9)13-7/h1-6,13H. The Labute approximate surface area is 79.4 Å². The van der Waals surface area contributed by atoms with E-state index in [1.165, 1.54) is 0 Å². The lowest BCUT2D eigenvalue weighted by Gasteiger charge is -1.92. The largest absolute Gasteiger partial charge is 0.291 e. The van der Waals surface area contributed by atoms with Gasteiger partial charge in [0.1, 0.15) is 5.69 Å². The lowest BCUT2D eigenvalue weighted by molar-refractivity contribution is 0.972. The Kier molecular flexibility index (Phi) is 1.38. The molecule has 0 aliphatic carbocycles. The minimum absolute atomic E-state index is 0.818. The van der Waals surface area contributed by atoms with Crippen molar-refractivity contribution in [3.8, 4) is 11.4 Å². The lowest BCUT2D eigenvalue weighted by Crippen LogP contribution is -1.85. The summed E-state index contributed by atoms with van der Waals surface area (Å²) in [6.07, 6.45) is 8.63. The molecule has 5 heteroatoms. The molecule has 1 N–H and O–H groups in total. The van der Waals surface area contributed by atoms with Gasteiger partial charge in [-0.1, -0.05) is 0 Å². The number of fused-ring (bicyclic) bond motifs is 1. The fourth-order valence-electron chi connectivity index (χ4n) is 1.38. The van der Waals surface area contributed by atoms with Crippen molar-refractivity contribution in [2.75, 3.05) is 0 Å². The van der Waals surface area contributed by atoms with E-state index in [-0.39, 0.29) is 0 Å². The van der Waals surface area contributed by atoms with Gasteiger partial charge >= 0.3 is 0 Å². The van der Waals surface area contributed by atoms with Crippen LogP contribution in [0.4, 0.5) is 0 Å². The number of nitrogens with zero attached hydrogens (tertiary/aromatic N) is 4. The van der Waals surface area contributed by atoms with Crippen molar-refractivity contribution in [1.82, 2.24) is 24.6 Å². The summed E-state index contributed by atoms with van der Waals surface area (Å²) in [6, 6.07) is 1.93. The first kappa shape index (κ1) is 7.25. The van der Waals surface area contributed by atoms with Gasteiger partial charge in [-0.15, -0.1) is 0 Å². The molecule has 0 saturated heterocycles. The smallest absolute Gasteiger partial charge is 0.153 e. The van der Waals surface area contributed by atoms with Crippen molar-refractivity contribution >= 4 is 5.65 Å². The van der Waals surface area contributed by atoms with Gasteiger partial charge in [0, 0.05) is 30.9 Å². The fourth-order valence-corrected chi connectivity index (χ4v) is 1.38. The molecule has 14 heavy (non-hydrogen) atoms. The van der Waals surface area contributed by atoms with Crippen LogP contribution in [0.3, 0.4) is 0 Å². The van der Waals surface area contributed by atoms with Gasteiger partial charge < -0.3 is 0 Å². The molecule has 0 radical (unpaired) electrons. The van der Waals surface area contributed by atoms with Gasteiger partial charge in [0.2, 0.25) is 0 Å². The summed E-state index contributed by atoms with van der Waals surface area (Å²) >= 11 is 0. The first-order valence-electron chi connectivity index (χ1n) is 4.22. The third kappa shape index (κ3) is 0.990. The summed E-state index contributed by atoms with van der Waals surface area (Å²) < 4.78 is 1.84. The summed E-state index contributed by atoms with van der Waals surface area (Å²) in [7, 11) is 0. The third-order valence-corrected chi connectivity index (χ3v) is 2.02. The lowest BCUT2D eigenvalue weighted by atomic mass is 10.3. The van der Waals surface area contributed by atoms with Crippen LogP contribution < -0.4 is 0 Å². The molecular weight excluding hydrogens is 178 g/mol. The van der Waals surface area contributed by atoms with Gasteiger partial charge in [0.15, 0.2) is 5.65 Å². The number of aromatic amines is 1. The van der Waals surface area contributed by atoms with E-state index < -0.39 is 0 Å². The van der Waals surface area contributed by atoms with Gasteiger partial charge in [-0.2, -0.15) is 0 Å². The normalized spacial score (nSPS) is 10.9. The van der Waals surface area contributed by atoms with Crippen LogP contribution in [0.2, 0.25) is 0 Å². The number of hydrogen-bond donors (Lipinski definition) is 1. The molecule has 0 fully saturated rings. The monoisotopic (exact) mass is 185 g/mol. The Morgan fingerprint density at radius 1 is 1.14 bits per heavy atom. The zero-order valence-electron chi connectivity index (χ0n) is 7.25. The zero-order chi connectivity index (χ0) is 9.38. The molecule has 3 rings (SSSR count). The summed E-state index contributed by atoms with van der Waals surface area (Å²) in [5, 5.41) is 3.14. The Morgan fingerprint density at radius 2 is 2.14 bits per heavy atom. The van der Waals surface area contributed by atoms with Crippen molar-refractivity contribution in [2.24, 2.45) is 0 Å². The summed E-state index contributed by atoms with van der Waals surface area (Å²) in [6.45, 7) is 0. The van der Waals surface area contributed by atoms with E-state index in [9.17, 15) is 0 Å². The highest BCUT2D eigenvalue weighted by Crippen LogP contribution is 2.14. The topological polar surface area (TPSA) is 58.9 Å². The molecule has 0 spiro atoms. The Morgan fingerprint density at radius 3 is 2.93 bits per heavy atom. The predicted octanol–water partition coefficient (Wildman–Crippen LogP) is 1.12. The molecule has 0 aliphatic heterocycles. The van der Waals surface area contributed by atoms with Crippen molar-refractivity contribution in [2.45, 2.75) is 0 Å². The van der Waals surface area contributed by atoms with Crippen LogP contribution in [0, 0.1) is 0 Å². The maximum absolute atomic E-state index is 4.19.